The third-order valence-corrected chi connectivity index (χ3v) is 2.75. The van der Waals surface area contributed by atoms with E-state index in [2.05, 4.69) is 0 Å². The smallest absolute Gasteiger partial charge is 0.410 e. The number of carbonyl (C=O) groups is 1. The van der Waals surface area contributed by atoms with Gasteiger partial charge in [0.1, 0.15) is 12.4 Å². The Balaban J connectivity index is 2.47. The fraction of sp³-hybridized carbons (Fsp3) is 0.917. The van der Waals surface area contributed by atoms with Crippen LogP contribution in [0.2, 0.25) is 0 Å². The van der Waals surface area contributed by atoms with Crippen LogP contribution in [0.4, 0.5) is 4.79 Å². The molecule has 5 heteroatoms. The van der Waals surface area contributed by atoms with Crippen molar-refractivity contribution in [3.63, 3.8) is 0 Å². The Bertz CT molecular complexity index is 274. The predicted octanol–water partition coefficient (Wildman–Crippen LogP) is 1.60. The van der Waals surface area contributed by atoms with Crippen LogP contribution in [0.25, 0.3) is 0 Å². The summed E-state index contributed by atoms with van der Waals surface area (Å²) in [5, 5.41) is 8.64. The van der Waals surface area contributed by atoms with Gasteiger partial charge >= 0.3 is 6.09 Å². The van der Waals surface area contributed by atoms with Gasteiger partial charge in [-0.3, -0.25) is 0 Å². The van der Waals surface area contributed by atoms with E-state index in [1.54, 1.807) is 4.90 Å². The first-order valence-electron chi connectivity index (χ1n) is 5.92. The molecule has 1 rings (SSSR count). The van der Waals surface area contributed by atoms with Gasteiger partial charge in [-0.1, -0.05) is 6.92 Å². The molecule has 1 aliphatic heterocycles. The first kappa shape index (κ1) is 14.3. The number of likely N-dealkylation sites (tertiary alicyclic amines) is 1. The van der Waals surface area contributed by atoms with Gasteiger partial charge in [0.25, 0.3) is 0 Å². The molecule has 0 radical (unpaired) electrons. The second-order valence-corrected chi connectivity index (χ2v) is 5.94. The monoisotopic (exact) mass is 245 g/mol. The van der Waals surface area contributed by atoms with Crippen LogP contribution < -0.4 is 0 Å². The van der Waals surface area contributed by atoms with Crippen molar-refractivity contribution in [3.05, 3.63) is 0 Å². The number of hydrogen-bond donors (Lipinski definition) is 1. The fourth-order valence-corrected chi connectivity index (χ4v) is 1.92. The summed E-state index contributed by atoms with van der Waals surface area (Å²) in [4.78, 5) is 13.5. The molecule has 1 amide bonds. The summed E-state index contributed by atoms with van der Waals surface area (Å²) < 4.78 is 10.3. The molecule has 0 spiro atoms. The SMILES string of the molecule is CC1(COCO)CCN(C(=O)OC(C)(C)C)C1. The highest BCUT2D eigenvalue weighted by Gasteiger charge is 2.37. The zero-order chi connectivity index (χ0) is 13.1. The second kappa shape index (κ2) is 5.23. The molecule has 1 N–H and O–H groups in total. The number of ether oxygens (including phenoxy) is 2. The lowest BCUT2D eigenvalue weighted by molar-refractivity contribution is -0.0379. The van der Waals surface area contributed by atoms with Gasteiger partial charge in [0.15, 0.2) is 0 Å². The van der Waals surface area contributed by atoms with Crippen LogP contribution in [-0.4, -0.2) is 48.2 Å². The minimum Gasteiger partial charge on any atom is -0.444 e. The third kappa shape index (κ3) is 4.52. The Morgan fingerprint density at radius 1 is 1.47 bits per heavy atom. The Hall–Kier alpha value is -0.810. The average molecular weight is 245 g/mol. The van der Waals surface area contributed by atoms with Crippen LogP contribution in [0, 0.1) is 5.41 Å². The Labute approximate surface area is 103 Å². The van der Waals surface area contributed by atoms with E-state index < -0.39 is 5.60 Å². The molecule has 1 aliphatic rings. The first-order chi connectivity index (χ1) is 7.76. The lowest BCUT2D eigenvalue weighted by atomic mass is 9.91. The lowest BCUT2D eigenvalue weighted by Crippen LogP contribution is -2.37. The van der Waals surface area contributed by atoms with Gasteiger partial charge in [0, 0.05) is 18.5 Å². The molecule has 1 atom stereocenters. The van der Waals surface area contributed by atoms with Gasteiger partial charge in [0.05, 0.1) is 6.61 Å². The Morgan fingerprint density at radius 3 is 2.65 bits per heavy atom. The van der Waals surface area contributed by atoms with Crippen molar-refractivity contribution in [2.75, 3.05) is 26.5 Å². The van der Waals surface area contributed by atoms with Crippen LogP contribution in [0.1, 0.15) is 34.1 Å². The number of amides is 1. The number of aliphatic hydroxyl groups is 1. The summed E-state index contributed by atoms with van der Waals surface area (Å²) in [5.41, 5.74) is -0.544. The molecule has 0 bridgehead atoms. The standard InChI is InChI=1S/C12H23NO4/c1-11(2,3)17-10(15)13-6-5-12(4,7-13)8-16-9-14/h14H,5-9H2,1-4H3. The molecule has 0 aromatic carbocycles. The maximum atomic E-state index is 11.8. The van der Waals surface area contributed by atoms with Crippen molar-refractivity contribution in [2.45, 2.75) is 39.7 Å². The summed E-state index contributed by atoms with van der Waals surface area (Å²) in [6.45, 7) is 9.10. The zero-order valence-corrected chi connectivity index (χ0v) is 11.2. The lowest BCUT2D eigenvalue weighted by Gasteiger charge is -2.26. The van der Waals surface area contributed by atoms with E-state index in [0.717, 1.165) is 6.42 Å². The van der Waals surface area contributed by atoms with Gasteiger partial charge in [0.2, 0.25) is 0 Å². The highest BCUT2D eigenvalue weighted by atomic mass is 16.6. The Kier molecular flexibility index (Phi) is 4.38. The maximum Gasteiger partial charge on any atom is 0.410 e. The van der Waals surface area contributed by atoms with Crippen molar-refractivity contribution in [2.24, 2.45) is 5.41 Å². The minimum atomic E-state index is -0.461. The van der Waals surface area contributed by atoms with E-state index >= 15 is 0 Å². The molecule has 1 heterocycles. The van der Waals surface area contributed by atoms with Crippen LogP contribution in [0.15, 0.2) is 0 Å². The Morgan fingerprint density at radius 2 is 2.12 bits per heavy atom. The highest BCUT2D eigenvalue weighted by molar-refractivity contribution is 5.68. The second-order valence-electron chi connectivity index (χ2n) is 5.94. The molecule has 1 fully saturated rings. The van der Waals surface area contributed by atoms with Crippen molar-refractivity contribution in [1.29, 1.82) is 0 Å². The topological polar surface area (TPSA) is 59.0 Å². The van der Waals surface area contributed by atoms with Gasteiger partial charge in [-0.25, -0.2) is 4.79 Å². The van der Waals surface area contributed by atoms with E-state index in [1.807, 2.05) is 27.7 Å². The zero-order valence-electron chi connectivity index (χ0n) is 11.2. The highest BCUT2D eigenvalue weighted by Crippen LogP contribution is 2.31. The van der Waals surface area contributed by atoms with Gasteiger partial charge in [-0.05, 0) is 27.2 Å². The average Bonchev–Trinajstić information content (AvgIpc) is 2.56. The van der Waals surface area contributed by atoms with Crippen molar-refractivity contribution >= 4 is 6.09 Å². The van der Waals surface area contributed by atoms with E-state index in [1.165, 1.54) is 0 Å². The number of rotatable bonds is 3. The van der Waals surface area contributed by atoms with Gasteiger partial charge in [-0.2, -0.15) is 0 Å². The molecule has 17 heavy (non-hydrogen) atoms. The quantitative estimate of drug-likeness (QED) is 0.767. The molecule has 5 nitrogen and oxygen atoms in total. The molecule has 1 unspecified atom stereocenters. The number of nitrogens with zero attached hydrogens (tertiary/aromatic N) is 1. The summed E-state index contributed by atoms with van der Waals surface area (Å²) >= 11 is 0. The number of aliphatic hydroxyl groups excluding tert-OH is 1. The summed E-state index contributed by atoms with van der Waals surface area (Å²) in [7, 11) is 0. The van der Waals surface area contributed by atoms with Crippen molar-refractivity contribution in [3.8, 4) is 0 Å². The normalized spacial score (nSPS) is 25.1. The molecule has 1 saturated heterocycles. The maximum absolute atomic E-state index is 11.8. The van der Waals surface area contributed by atoms with E-state index in [9.17, 15) is 4.79 Å². The van der Waals surface area contributed by atoms with Crippen molar-refractivity contribution < 1.29 is 19.4 Å². The fourth-order valence-electron chi connectivity index (χ4n) is 1.92. The van der Waals surface area contributed by atoms with Crippen LogP contribution in [-0.2, 0) is 9.47 Å². The molecule has 100 valence electrons. The first-order valence-corrected chi connectivity index (χ1v) is 5.92. The molecule has 0 aromatic heterocycles. The van der Waals surface area contributed by atoms with Crippen LogP contribution in [0.3, 0.4) is 0 Å². The summed E-state index contributed by atoms with van der Waals surface area (Å²) in [6.07, 6.45) is 0.594. The van der Waals surface area contributed by atoms with E-state index in [4.69, 9.17) is 14.6 Å². The van der Waals surface area contributed by atoms with Crippen molar-refractivity contribution in [1.82, 2.24) is 4.90 Å². The van der Waals surface area contributed by atoms with E-state index in [-0.39, 0.29) is 18.3 Å². The van der Waals surface area contributed by atoms with Gasteiger partial charge in [-0.15, -0.1) is 0 Å². The molecular weight excluding hydrogens is 222 g/mol. The number of hydrogen-bond acceptors (Lipinski definition) is 4. The molecular formula is C12H23NO4. The predicted molar refractivity (Wildman–Crippen MR) is 63.6 cm³/mol. The number of carbonyl (C=O) groups excluding carboxylic acids is 1. The largest absolute Gasteiger partial charge is 0.444 e. The molecule has 0 aliphatic carbocycles. The minimum absolute atomic E-state index is 0.0837. The van der Waals surface area contributed by atoms with E-state index in [0.29, 0.717) is 19.7 Å². The van der Waals surface area contributed by atoms with Crippen LogP contribution >= 0.6 is 0 Å². The van der Waals surface area contributed by atoms with Gasteiger partial charge < -0.3 is 19.5 Å². The summed E-state index contributed by atoms with van der Waals surface area (Å²) in [5.74, 6) is 0. The molecule has 0 aromatic rings. The summed E-state index contributed by atoms with van der Waals surface area (Å²) in [6, 6.07) is 0. The van der Waals surface area contributed by atoms with Crippen LogP contribution in [0.5, 0.6) is 0 Å². The molecule has 0 saturated carbocycles. The third-order valence-electron chi connectivity index (χ3n) is 2.75.